The molecule has 0 saturated carbocycles. The second-order valence-electron chi connectivity index (χ2n) is 6.12. The lowest BCUT2D eigenvalue weighted by molar-refractivity contribution is -0.116. The summed E-state index contributed by atoms with van der Waals surface area (Å²) < 4.78 is 0. The number of carbonyl (C=O) groups excluding carboxylic acids is 2. The minimum Gasteiger partial charge on any atom is -0.325 e. The maximum absolute atomic E-state index is 12.5. The van der Waals surface area contributed by atoms with Gasteiger partial charge in [-0.05, 0) is 30.3 Å². The topological polar surface area (TPSA) is 62.3 Å². The van der Waals surface area contributed by atoms with Gasteiger partial charge in [-0.25, -0.2) is 0 Å². The summed E-state index contributed by atoms with van der Waals surface area (Å²) in [7, 11) is 0. The van der Waals surface area contributed by atoms with E-state index in [0.717, 1.165) is 22.2 Å². The smallest absolute Gasteiger partial charge is 0.258 e. The van der Waals surface area contributed by atoms with Crippen LogP contribution in [0.15, 0.2) is 67.4 Å². The second kappa shape index (κ2) is 6.44. The lowest BCUT2D eigenvalue weighted by atomic mass is 10.1. The van der Waals surface area contributed by atoms with Crippen molar-refractivity contribution < 1.29 is 9.59 Å². The van der Waals surface area contributed by atoms with E-state index in [4.69, 9.17) is 0 Å². The summed E-state index contributed by atoms with van der Waals surface area (Å²) in [5.41, 5.74) is 3.66. The first-order valence-electron chi connectivity index (χ1n) is 8.39. The van der Waals surface area contributed by atoms with E-state index in [-0.39, 0.29) is 18.2 Å². The van der Waals surface area contributed by atoms with E-state index in [0.29, 0.717) is 17.8 Å². The molecule has 1 aromatic heterocycles. The first-order valence-corrected chi connectivity index (χ1v) is 8.39. The molecule has 1 N–H and O–H groups in total. The van der Waals surface area contributed by atoms with Gasteiger partial charge in [0, 0.05) is 41.4 Å². The maximum atomic E-state index is 12.5. The molecule has 5 heteroatoms. The first-order chi connectivity index (χ1) is 12.6. The number of nitrogens with one attached hydrogen (secondary N) is 1. The molecule has 0 bridgehead atoms. The summed E-state index contributed by atoms with van der Waals surface area (Å²) in [5, 5.41) is 3.80. The molecule has 3 aromatic rings. The summed E-state index contributed by atoms with van der Waals surface area (Å²) in [6.45, 7) is 4.29. The molecule has 4 rings (SSSR count). The van der Waals surface area contributed by atoms with Gasteiger partial charge in [0.05, 0.1) is 11.2 Å². The Kier molecular flexibility index (Phi) is 3.97. The highest BCUT2D eigenvalue weighted by atomic mass is 16.2. The number of benzene rings is 2. The Morgan fingerprint density at radius 3 is 2.65 bits per heavy atom. The minimum absolute atomic E-state index is 0.104. The van der Waals surface area contributed by atoms with Gasteiger partial charge in [-0.1, -0.05) is 30.8 Å². The molecule has 2 amide bonds. The van der Waals surface area contributed by atoms with Gasteiger partial charge < -0.3 is 10.2 Å². The van der Waals surface area contributed by atoms with Gasteiger partial charge >= 0.3 is 0 Å². The number of aromatic nitrogens is 1. The molecule has 5 nitrogen and oxygen atoms in total. The summed E-state index contributed by atoms with van der Waals surface area (Å²) >= 11 is 0. The van der Waals surface area contributed by atoms with Crippen molar-refractivity contribution in [3.8, 4) is 0 Å². The molecule has 0 spiro atoms. The zero-order chi connectivity index (χ0) is 18.1. The third-order valence-electron chi connectivity index (χ3n) is 4.52. The van der Waals surface area contributed by atoms with Gasteiger partial charge in [0.1, 0.15) is 0 Å². The fourth-order valence-electron chi connectivity index (χ4n) is 3.21. The zero-order valence-electron chi connectivity index (χ0n) is 14.1. The van der Waals surface area contributed by atoms with Crippen molar-refractivity contribution in [2.45, 2.75) is 6.42 Å². The quantitative estimate of drug-likeness (QED) is 0.786. The van der Waals surface area contributed by atoms with Gasteiger partial charge in [0.25, 0.3) is 5.91 Å². The molecule has 2 aromatic carbocycles. The van der Waals surface area contributed by atoms with Gasteiger partial charge in [-0.2, -0.15) is 0 Å². The molecular weight excluding hydrogens is 326 g/mol. The molecular formula is C21H17N3O2. The van der Waals surface area contributed by atoms with Crippen LogP contribution in [0.25, 0.3) is 16.6 Å². The molecule has 2 heterocycles. The average molecular weight is 343 g/mol. The predicted octanol–water partition coefficient (Wildman–Crippen LogP) is 3.69. The zero-order valence-corrected chi connectivity index (χ0v) is 14.1. The monoisotopic (exact) mass is 343 g/mol. The van der Waals surface area contributed by atoms with Crippen LogP contribution in [0.2, 0.25) is 0 Å². The lowest BCUT2D eigenvalue weighted by Crippen LogP contribution is -2.27. The predicted molar refractivity (Wildman–Crippen MR) is 102 cm³/mol. The molecule has 1 aliphatic rings. The first kappa shape index (κ1) is 16.0. The molecule has 128 valence electrons. The Morgan fingerprint density at radius 2 is 1.85 bits per heavy atom. The highest BCUT2D eigenvalue weighted by Crippen LogP contribution is 2.31. The van der Waals surface area contributed by atoms with Gasteiger partial charge in [0.2, 0.25) is 5.91 Å². The van der Waals surface area contributed by atoms with Crippen molar-refractivity contribution in [3.05, 3.63) is 78.5 Å². The molecule has 0 radical (unpaired) electrons. The fraction of sp³-hybridized carbons (Fsp3) is 0.0952. The summed E-state index contributed by atoms with van der Waals surface area (Å²) in [6.07, 6.45) is 1.91. The fourth-order valence-corrected chi connectivity index (χ4v) is 3.21. The van der Waals surface area contributed by atoms with Crippen molar-refractivity contribution in [1.29, 1.82) is 0 Å². The number of pyridine rings is 1. The van der Waals surface area contributed by atoms with Crippen LogP contribution in [-0.4, -0.2) is 28.2 Å². The van der Waals surface area contributed by atoms with Gasteiger partial charge in [-0.3, -0.25) is 14.6 Å². The molecule has 0 atom stereocenters. The number of nitrogens with zero attached hydrogens (tertiary/aromatic N) is 2. The van der Waals surface area contributed by atoms with Crippen LogP contribution >= 0.6 is 0 Å². The summed E-state index contributed by atoms with van der Waals surface area (Å²) in [5.74, 6) is -0.259. The minimum atomic E-state index is -0.155. The van der Waals surface area contributed by atoms with Gasteiger partial charge in [0.15, 0.2) is 0 Å². The van der Waals surface area contributed by atoms with Crippen LogP contribution in [0.5, 0.6) is 0 Å². The molecule has 1 aliphatic heterocycles. The highest BCUT2D eigenvalue weighted by Gasteiger charge is 2.30. The van der Waals surface area contributed by atoms with Crippen LogP contribution in [-0.2, 0) is 4.79 Å². The Hall–Kier alpha value is -3.47. The highest BCUT2D eigenvalue weighted by molar-refractivity contribution is 6.09. The molecule has 0 fully saturated rings. The summed E-state index contributed by atoms with van der Waals surface area (Å²) in [4.78, 5) is 30.7. The molecule has 26 heavy (non-hydrogen) atoms. The number of hydrogen-bond acceptors (Lipinski definition) is 3. The average Bonchev–Trinajstić information content (AvgIpc) is 2.91. The normalized spacial score (nSPS) is 13.2. The number of fused-ring (bicyclic) bond motifs is 2. The Balaban J connectivity index is 1.45. The second-order valence-corrected chi connectivity index (χ2v) is 6.12. The Labute approximate surface area is 151 Å². The molecule has 0 saturated heterocycles. The van der Waals surface area contributed by atoms with E-state index < -0.39 is 0 Å². The van der Waals surface area contributed by atoms with Crippen molar-refractivity contribution >= 4 is 34.1 Å². The standard InChI is InChI=1S/C21H17N3O2/c1-14-15-6-2-3-7-16(15)21(26)24(14)13-11-20(25)23-19-10-4-9-18-17(19)8-5-12-22-18/h2-10,12H,1,11,13H2,(H,23,25). The van der Waals surface area contributed by atoms with Crippen LogP contribution in [0, 0.1) is 0 Å². The van der Waals surface area contributed by atoms with Crippen LogP contribution < -0.4 is 5.32 Å². The van der Waals surface area contributed by atoms with E-state index in [1.54, 1.807) is 17.2 Å². The van der Waals surface area contributed by atoms with Gasteiger partial charge in [-0.15, -0.1) is 0 Å². The third-order valence-corrected chi connectivity index (χ3v) is 4.52. The maximum Gasteiger partial charge on any atom is 0.258 e. The lowest BCUT2D eigenvalue weighted by Gasteiger charge is -2.17. The Bertz CT molecular complexity index is 1000. The molecule has 0 aliphatic carbocycles. The van der Waals surface area contributed by atoms with Crippen molar-refractivity contribution in [2.24, 2.45) is 0 Å². The van der Waals surface area contributed by atoms with Crippen LogP contribution in [0.1, 0.15) is 22.3 Å². The summed E-state index contributed by atoms with van der Waals surface area (Å²) in [6, 6.07) is 16.7. The number of carbonyl (C=O) groups is 2. The van der Waals surface area contributed by atoms with E-state index in [2.05, 4.69) is 16.9 Å². The number of anilines is 1. The number of rotatable bonds is 4. The Morgan fingerprint density at radius 1 is 1.04 bits per heavy atom. The number of hydrogen-bond donors (Lipinski definition) is 1. The van der Waals surface area contributed by atoms with E-state index in [1.807, 2.05) is 48.5 Å². The van der Waals surface area contributed by atoms with E-state index >= 15 is 0 Å². The van der Waals surface area contributed by atoms with E-state index in [1.165, 1.54) is 0 Å². The van der Waals surface area contributed by atoms with Crippen molar-refractivity contribution in [3.63, 3.8) is 0 Å². The third kappa shape index (κ3) is 2.73. The van der Waals surface area contributed by atoms with Crippen molar-refractivity contribution in [2.75, 3.05) is 11.9 Å². The largest absolute Gasteiger partial charge is 0.325 e. The van der Waals surface area contributed by atoms with E-state index in [9.17, 15) is 9.59 Å². The number of amides is 2. The molecule has 0 unspecified atom stereocenters. The van der Waals surface area contributed by atoms with Crippen molar-refractivity contribution in [1.82, 2.24) is 9.88 Å². The van der Waals surface area contributed by atoms with Crippen LogP contribution in [0.4, 0.5) is 5.69 Å². The SMILES string of the molecule is C=C1c2ccccc2C(=O)N1CCC(=O)Nc1cccc2ncccc12. The van der Waals surface area contributed by atoms with Crippen LogP contribution in [0.3, 0.4) is 0 Å².